The van der Waals surface area contributed by atoms with E-state index in [4.69, 9.17) is 0 Å². The SMILES string of the molecule is CC[C@@H]1C[C@H]1NC1CCCNC1=O. The fourth-order valence-corrected chi connectivity index (χ4v) is 2.09. The van der Waals surface area contributed by atoms with Crippen LogP contribution in [0.5, 0.6) is 0 Å². The lowest BCUT2D eigenvalue weighted by Crippen LogP contribution is -2.49. The number of hydrogen-bond acceptors (Lipinski definition) is 2. The first-order valence-electron chi connectivity index (χ1n) is 5.35. The van der Waals surface area contributed by atoms with Gasteiger partial charge in [0.1, 0.15) is 0 Å². The summed E-state index contributed by atoms with van der Waals surface area (Å²) in [5, 5.41) is 6.33. The summed E-state index contributed by atoms with van der Waals surface area (Å²) in [7, 11) is 0. The predicted molar refractivity (Wildman–Crippen MR) is 51.4 cm³/mol. The van der Waals surface area contributed by atoms with Gasteiger partial charge in [0, 0.05) is 12.6 Å². The molecule has 13 heavy (non-hydrogen) atoms. The zero-order chi connectivity index (χ0) is 9.26. The fourth-order valence-electron chi connectivity index (χ4n) is 2.09. The molecule has 1 aliphatic heterocycles. The van der Waals surface area contributed by atoms with Crippen LogP contribution in [-0.4, -0.2) is 24.5 Å². The standard InChI is InChI=1S/C10H18N2O/c1-2-7-6-9(7)12-8-4-3-5-11-10(8)13/h7-9,12H,2-6H2,1H3,(H,11,13)/t7-,8?,9-/m1/s1. The molecule has 0 aromatic rings. The molecule has 0 bridgehead atoms. The van der Waals surface area contributed by atoms with Crippen LogP contribution in [0.1, 0.15) is 32.6 Å². The summed E-state index contributed by atoms with van der Waals surface area (Å²) >= 11 is 0. The molecule has 1 saturated carbocycles. The smallest absolute Gasteiger partial charge is 0.237 e. The first kappa shape index (κ1) is 9.00. The lowest BCUT2D eigenvalue weighted by atomic mass is 10.1. The lowest BCUT2D eigenvalue weighted by molar-refractivity contribution is -0.124. The molecule has 2 aliphatic rings. The molecule has 1 aliphatic carbocycles. The van der Waals surface area contributed by atoms with Gasteiger partial charge in [-0.15, -0.1) is 0 Å². The second-order valence-electron chi connectivity index (χ2n) is 4.16. The molecule has 1 saturated heterocycles. The maximum atomic E-state index is 11.4. The van der Waals surface area contributed by atoms with Crippen molar-refractivity contribution >= 4 is 5.91 Å². The molecule has 3 nitrogen and oxygen atoms in total. The van der Waals surface area contributed by atoms with Crippen LogP contribution in [0.15, 0.2) is 0 Å². The van der Waals surface area contributed by atoms with Crippen LogP contribution in [0, 0.1) is 5.92 Å². The van der Waals surface area contributed by atoms with Crippen molar-refractivity contribution in [1.29, 1.82) is 0 Å². The minimum atomic E-state index is 0.0929. The summed E-state index contributed by atoms with van der Waals surface area (Å²) in [6.45, 7) is 3.08. The lowest BCUT2D eigenvalue weighted by Gasteiger charge is -2.22. The summed E-state index contributed by atoms with van der Waals surface area (Å²) < 4.78 is 0. The van der Waals surface area contributed by atoms with Crippen molar-refractivity contribution in [2.45, 2.75) is 44.7 Å². The molecule has 0 radical (unpaired) electrons. The average molecular weight is 182 g/mol. The Bertz CT molecular complexity index is 205. The summed E-state index contributed by atoms with van der Waals surface area (Å²) in [5.74, 6) is 1.03. The molecule has 3 heteroatoms. The van der Waals surface area contributed by atoms with Crippen molar-refractivity contribution in [3.8, 4) is 0 Å². The minimum absolute atomic E-state index is 0.0929. The van der Waals surface area contributed by atoms with Crippen molar-refractivity contribution in [1.82, 2.24) is 10.6 Å². The van der Waals surface area contributed by atoms with E-state index in [-0.39, 0.29) is 11.9 Å². The predicted octanol–water partition coefficient (Wildman–Crippen LogP) is 0.653. The molecule has 74 valence electrons. The zero-order valence-corrected chi connectivity index (χ0v) is 8.18. The molecule has 0 aromatic heterocycles. The van der Waals surface area contributed by atoms with Gasteiger partial charge in [-0.3, -0.25) is 4.79 Å². The van der Waals surface area contributed by atoms with Gasteiger partial charge in [0.15, 0.2) is 0 Å². The molecule has 2 N–H and O–H groups in total. The summed E-state index contributed by atoms with van der Waals surface area (Å²) in [6.07, 6.45) is 4.64. The Morgan fingerprint density at radius 3 is 3.08 bits per heavy atom. The van der Waals surface area contributed by atoms with Crippen LogP contribution in [0.3, 0.4) is 0 Å². The van der Waals surface area contributed by atoms with Gasteiger partial charge in [-0.05, 0) is 25.2 Å². The van der Waals surface area contributed by atoms with Gasteiger partial charge >= 0.3 is 0 Å². The van der Waals surface area contributed by atoms with E-state index in [9.17, 15) is 4.79 Å². The molecule has 2 fully saturated rings. The van der Waals surface area contributed by atoms with Crippen LogP contribution >= 0.6 is 0 Å². The number of nitrogens with one attached hydrogen (secondary N) is 2. The van der Waals surface area contributed by atoms with Gasteiger partial charge in [-0.25, -0.2) is 0 Å². The highest BCUT2D eigenvalue weighted by Crippen LogP contribution is 2.33. The Morgan fingerprint density at radius 2 is 2.46 bits per heavy atom. The van der Waals surface area contributed by atoms with Crippen molar-refractivity contribution in [2.24, 2.45) is 5.92 Å². The molecule has 2 rings (SSSR count). The number of carbonyl (C=O) groups excluding carboxylic acids is 1. The van der Waals surface area contributed by atoms with Gasteiger partial charge in [-0.1, -0.05) is 13.3 Å². The summed E-state index contributed by atoms with van der Waals surface area (Å²) in [6, 6.07) is 0.717. The van der Waals surface area contributed by atoms with Gasteiger partial charge in [0.25, 0.3) is 0 Å². The molecule has 1 heterocycles. The number of carbonyl (C=O) groups is 1. The molecule has 3 atom stereocenters. The maximum absolute atomic E-state index is 11.4. The molecule has 1 amide bonds. The van der Waals surface area contributed by atoms with Crippen molar-refractivity contribution in [2.75, 3.05) is 6.54 Å². The maximum Gasteiger partial charge on any atom is 0.237 e. The van der Waals surface area contributed by atoms with Crippen LogP contribution in [0.2, 0.25) is 0 Å². The van der Waals surface area contributed by atoms with E-state index in [1.807, 2.05) is 0 Å². The fraction of sp³-hybridized carbons (Fsp3) is 0.900. The number of rotatable bonds is 3. The highest BCUT2D eigenvalue weighted by Gasteiger charge is 2.38. The highest BCUT2D eigenvalue weighted by molar-refractivity contribution is 5.82. The second-order valence-corrected chi connectivity index (χ2v) is 4.16. The van der Waals surface area contributed by atoms with E-state index in [1.165, 1.54) is 12.8 Å². The number of piperidine rings is 1. The summed E-state index contributed by atoms with van der Waals surface area (Å²) in [5.41, 5.74) is 0. The number of hydrogen-bond donors (Lipinski definition) is 2. The third kappa shape index (κ3) is 2.02. The monoisotopic (exact) mass is 182 g/mol. The molecular weight excluding hydrogens is 164 g/mol. The van der Waals surface area contributed by atoms with Gasteiger partial charge in [0.05, 0.1) is 6.04 Å². The number of amides is 1. The van der Waals surface area contributed by atoms with E-state index in [2.05, 4.69) is 17.6 Å². The molecule has 0 aromatic carbocycles. The normalized spacial score (nSPS) is 38.5. The van der Waals surface area contributed by atoms with E-state index in [1.54, 1.807) is 0 Å². The first-order chi connectivity index (χ1) is 6.31. The van der Waals surface area contributed by atoms with Crippen molar-refractivity contribution < 1.29 is 4.79 Å². The average Bonchev–Trinajstić information content (AvgIpc) is 2.88. The van der Waals surface area contributed by atoms with E-state index in [0.717, 1.165) is 25.3 Å². The third-order valence-corrected chi connectivity index (χ3v) is 3.15. The third-order valence-electron chi connectivity index (χ3n) is 3.15. The Morgan fingerprint density at radius 1 is 1.62 bits per heavy atom. The van der Waals surface area contributed by atoms with Gasteiger partial charge < -0.3 is 10.6 Å². The quantitative estimate of drug-likeness (QED) is 0.673. The Labute approximate surface area is 79.3 Å². The zero-order valence-electron chi connectivity index (χ0n) is 8.18. The van der Waals surface area contributed by atoms with Crippen LogP contribution in [-0.2, 0) is 4.79 Å². The van der Waals surface area contributed by atoms with Gasteiger partial charge in [-0.2, -0.15) is 0 Å². The first-order valence-corrected chi connectivity index (χ1v) is 5.35. The van der Waals surface area contributed by atoms with E-state index >= 15 is 0 Å². The van der Waals surface area contributed by atoms with Gasteiger partial charge in [0.2, 0.25) is 5.91 Å². The Hall–Kier alpha value is -0.570. The molecule has 1 unspecified atom stereocenters. The minimum Gasteiger partial charge on any atom is -0.355 e. The molecular formula is C10H18N2O. The topological polar surface area (TPSA) is 41.1 Å². The van der Waals surface area contributed by atoms with E-state index in [0.29, 0.717) is 6.04 Å². The molecule has 0 spiro atoms. The Kier molecular flexibility index (Phi) is 2.54. The van der Waals surface area contributed by atoms with E-state index < -0.39 is 0 Å². The Balaban J connectivity index is 1.77. The second kappa shape index (κ2) is 3.66. The highest BCUT2D eigenvalue weighted by atomic mass is 16.2. The largest absolute Gasteiger partial charge is 0.355 e. The summed E-state index contributed by atoms with van der Waals surface area (Å²) in [4.78, 5) is 11.4. The van der Waals surface area contributed by atoms with Crippen LogP contribution in [0.25, 0.3) is 0 Å². The van der Waals surface area contributed by atoms with Crippen molar-refractivity contribution in [3.63, 3.8) is 0 Å². The van der Waals surface area contributed by atoms with Crippen molar-refractivity contribution in [3.05, 3.63) is 0 Å². The van der Waals surface area contributed by atoms with Crippen LogP contribution < -0.4 is 10.6 Å². The van der Waals surface area contributed by atoms with Crippen LogP contribution in [0.4, 0.5) is 0 Å².